The Labute approximate surface area is 118 Å². The molecular formula is C15H21N3O2. The summed E-state index contributed by atoms with van der Waals surface area (Å²) in [7, 11) is 1.98. The quantitative estimate of drug-likeness (QED) is 0.937. The minimum Gasteiger partial charge on any atom is -0.444 e. The zero-order valence-electron chi connectivity index (χ0n) is 12.4. The number of ether oxygens (including phenoxy) is 1. The van der Waals surface area contributed by atoms with Crippen LogP contribution in [0.25, 0.3) is 11.0 Å². The van der Waals surface area contributed by atoms with Gasteiger partial charge in [-0.25, -0.2) is 9.78 Å². The van der Waals surface area contributed by atoms with Crippen LogP contribution < -0.4 is 5.32 Å². The zero-order valence-corrected chi connectivity index (χ0v) is 12.4. The van der Waals surface area contributed by atoms with Crippen molar-refractivity contribution in [3.05, 3.63) is 30.1 Å². The van der Waals surface area contributed by atoms with Gasteiger partial charge in [-0.15, -0.1) is 0 Å². The topological polar surface area (TPSA) is 56.2 Å². The van der Waals surface area contributed by atoms with Crippen LogP contribution in [0.4, 0.5) is 4.79 Å². The van der Waals surface area contributed by atoms with Gasteiger partial charge in [0.1, 0.15) is 11.4 Å². The number of carbonyl (C=O) groups excluding carboxylic acids is 1. The normalized spacial score (nSPS) is 11.6. The third-order valence-electron chi connectivity index (χ3n) is 2.90. The molecule has 0 aliphatic carbocycles. The molecule has 1 aromatic heterocycles. The highest BCUT2D eigenvalue weighted by Crippen LogP contribution is 2.14. The lowest BCUT2D eigenvalue weighted by molar-refractivity contribution is 0.0528. The predicted molar refractivity (Wildman–Crippen MR) is 78.7 cm³/mol. The lowest BCUT2D eigenvalue weighted by atomic mass is 10.2. The summed E-state index contributed by atoms with van der Waals surface area (Å²) in [4.78, 5) is 16.1. The second-order valence-electron chi connectivity index (χ2n) is 5.75. The third-order valence-corrected chi connectivity index (χ3v) is 2.90. The maximum absolute atomic E-state index is 11.5. The van der Waals surface area contributed by atoms with Crippen molar-refractivity contribution in [3.63, 3.8) is 0 Å². The Kier molecular flexibility index (Phi) is 3.97. The van der Waals surface area contributed by atoms with Gasteiger partial charge in [-0.3, -0.25) is 0 Å². The molecule has 0 aliphatic heterocycles. The molecule has 0 atom stereocenters. The summed E-state index contributed by atoms with van der Waals surface area (Å²) >= 11 is 0. The van der Waals surface area contributed by atoms with Gasteiger partial charge in [-0.2, -0.15) is 0 Å². The molecule has 20 heavy (non-hydrogen) atoms. The number of nitrogens with one attached hydrogen (secondary N) is 1. The van der Waals surface area contributed by atoms with Crippen molar-refractivity contribution in [1.29, 1.82) is 0 Å². The fraction of sp³-hybridized carbons (Fsp3) is 0.467. The molecule has 0 bridgehead atoms. The monoisotopic (exact) mass is 275 g/mol. The number of aryl methyl sites for hydroxylation is 1. The predicted octanol–water partition coefficient (Wildman–Crippen LogP) is 2.64. The maximum Gasteiger partial charge on any atom is 0.407 e. The van der Waals surface area contributed by atoms with Crippen LogP contribution in [-0.4, -0.2) is 27.8 Å². The van der Waals surface area contributed by atoms with Crippen LogP contribution in [0.2, 0.25) is 0 Å². The molecule has 1 aromatic carbocycles. The van der Waals surface area contributed by atoms with Gasteiger partial charge in [0.05, 0.1) is 11.0 Å². The minimum atomic E-state index is -0.470. The Bertz CT molecular complexity index is 611. The van der Waals surface area contributed by atoms with E-state index < -0.39 is 11.7 Å². The average molecular weight is 275 g/mol. The molecule has 1 amide bonds. The number of hydrogen-bond donors (Lipinski definition) is 1. The van der Waals surface area contributed by atoms with E-state index in [-0.39, 0.29) is 0 Å². The van der Waals surface area contributed by atoms with Crippen LogP contribution in [-0.2, 0) is 18.2 Å². The summed E-state index contributed by atoms with van der Waals surface area (Å²) in [6.07, 6.45) is 0.279. The largest absolute Gasteiger partial charge is 0.444 e. The number of aromatic nitrogens is 2. The first kappa shape index (κ1) is 14.4. The van der Waals surface area contributed by atoms with Crippen LogP contribution in [0.3, 0.4) is 0 Å². The molecular weight excluding hydrogens is 254 g/mol. The Morgan fingerprint density at radius 2 is 2.05 bits per heavy atom. The number of alkyl carbamates (subject to hydrolysis) is 1. The number of benzene rings is 1. The highest BCUT2D eigenvalue weighted by atomic mass is 16.6. The van der Waals surface area contributed by atoms with Crippen molar-refractivity contribution >= 4 is 17.1 Å². The molecule has 0 spiro atoms. The van der Waals surface area contributed by atoms with Crippen LogP contribution in [0.5, 0.6) is 0 Å². The lowest BCUT2D eigenvalue weighted by Crippen LogP contribution is -2.33. The summed E-state index contributed by atoms with van der Waals surface area (Å²) in [5.74, 6) is 0.947. The van der Waals surface area contributed by atoms with E-state index in [9.17, 15) is 4.79 Å². The Hall–Kier alpha value is -2.04. The molecule has 2 aromatic rings. The molecule has 2 rings (SSSR count). The number of hydrogen-bond acceptors (Lipinski definition) is 3. The van der Waals surface area contributed by atoms with Gasteiger partial charge < -0.3 is 14.6 Å². The number of carbonyl (C=O) groups is 1. The van der Waals surface area contributed by atoms with Crippen molar-refractivity contribution < 1.29 is 9.53 Å². The van der Waals surface area contributed by atoms with E-state index in [1.54, 1.807) is 0 Å². The summed E-state index contributed by atoms with van der Waals surface area (Å²) in [5.41, 5.74) is 1.60. The van der Waals surface area contributed by atoms with Crippen molar-refractivity contribution in [2.24, 2.45) is 7.05 Å². The van der Waals surface area contributed by atoms with Crippen molar-refractivity contribution in [2.45, 2.75) is 32.8 Å². The zero-order chi connectivity index (χ0) is 14.8. The molecule has 108 valence electrons. The highest BCUT2D eigenvalue weighted by molar-refractivity contribution is 5.75. The molecule has 0 unspecified atom stereocenters. The van der Waals surface area contributed by atoms with Gasteiger partial charge in [0.15, 0.2) is 0 Å². The summed E-state index contributed by atoms with van der Waals surface area (Å²) in [6, 6.07) is 7.98. The first-order valence-corrected chi connectivity index (χ1v) is 6.74. The number of imidazole rings is 1. The second kappa shape index (κ2) is 5.53. The molecule has 0 aliphatic rings. The molecule has 0 saturated carbocycles. The van der Waals surface area contributed by atoms with Crippen molar-refractivity contribution in [2.75, 3.05) is 6.54 Å². The van der Waals surface area contributed by atoms with Gasteiger partial charge in [-0.05, 0) is 32.9 Å². The third kappa shape index (κ3) is 3.50. The maximum atomic E-state index is 11.5. The summed E-state index contributed by atoms with van der Waals surface area (Å²) < 4.78 is 7.24. The molecule has 0 radical (unpaired) electrons. The smallest absolute Gasteiger partial charge is 0.407 e. The van der Waals surface area contributed by atoms with Crippen molar-refractivity contribution in [3.8, 4) is 0 Å². The van der Waals surface area contributed by atoms with Gasteiger partial charge in [0.2, 0.25) is 0 Å². The average Bonchev–Trinajstić information content (AvgIpc) is 2.65. The molecule has 1 heterocycles. The fourth-order valence-corrected chi connectivity index (χ4v) is 2.01. The highest BCUT2D eigenvalue weighted by Gasteiger charge is 2.15. The van der Waals surface area contributed by atoms with E-state index in [2.05, 4.69) is 10.3 Å². The molecule has 1 N–H and O–H groups in total. The number of rotatable bonds is 3. The second-order valence-corrected chi connectivity index (χ2v) is 5.75. The first-order valence-electron chi connectivity index (χ1n) is 6.74. The first-order chi connectivity index (χ1) is 9.37. The van der Waals surface area contributed by atoms with E-state index >= 15 is 0 Å². The standard InChI is InChI=1S/C15H21N3O2/c1-15(2,3)20-14(19)16-10-9-13-17-11-7-5-6-8-12(11)18(13)4/h5-8H,9-10H2,1-4H3,(H,16,19). The molecule has 5 heteroatoms. The van der Waals surface area contributed by atoms with E-state index in [1.807, 2.05) is 56.7 Å². The Balaban J connectivity index is 1.93. The fourth-order valence-electron chi connectivity index (χ4n) is 2.01. The molecule has 0 saturated heterocycles. The van der Waals surface area contributed by atoms with Crippen molar-refractivity contribution in [1.82, 2.24) is 14.9 Å². The van der Waals surface area contributed by atoms with Gasteiger partial charge in [0, 0.05) is 20.0 Å². The Morgan fingerprint density at radius 3 is 2.70 bits per heavy atom. The minimum absolute atomic E-state index is 0.392. The lowest BCUT2D eigenvalue weighted by Gasteiger charge is -2.19. The van der Waals surface area contributed by atoms with Crippen LogP contribution in [0.1, 0.15) is 26.6 Å². The molecule has 5 nitrogen and oxygen atoms in total. The van der Waals surface area contributed by atoms with Crippen LogP contribution in [0.15, 0.2) is 24.3 Å². The number of para-hydroxylation sites is 2. The number of nitrogens with zero attached hydrogens (tertiary/aromatic N) is 2. The van der Waals surface area contributed by atoms with Gasteiger partial charge in [0.25, 0.3) is 0 Å². The van der Waals surface area contributed by atoms with E-state index in [0.717, 1.165) is 16.9 Å². The SMILES string of the molecule is Cn1c(CCNC(=O)OC(C)(C)C)nc2ccccc21. The van der Waals surface area contributed by atoms with E-state index in [1.165, 1.54) is 0 Å². The van der Waals surface area contributed by atoms with E-state index in [0.29, 0.717) is 13.0 Å². The van der Waals surface area contributed by atoms with Crippen LogP contribution in [0, 0.1) is 0 Å². The number of fused-ring (bicyclic) bond motifs is 1. The van der Waals surface area contributed by atoms with Crippen LogP contribution >= 0.6 is 0 Å². The van der Waals surface area contributed by atoms with Gasteiger partial charge in [-0.1, -0.05) is 12.1 Å². The number of amides is 1. The summed E-state index contributed by atoms with van der Waals surface area (Å²) in [5, 5.41) is 2.74. The van der Waals surface area contributed by atoms with E-state index in [4.69, 9.17) is 4.74 Å². The summed E-state index contributed by atoms with van der Waals surface area (Å²) in [6.45, 7) is 6.04. The molecule has 0 fully saturated rings. The van der Waals surface area contributed by atoms with Gasteiger partial charge >= 0.3 is 6.09 Å². The Morgan fingerprint density at radius 1 is 1.35 bits per heavy atom.